The number of methoxy groups -OCH3 is 1. The van der Waals surface area contributed by atoms with E-state index in [1.807, 2.05) is 9.47 Å². The molecular formula is C14H25N5O3. The molecule has 0 unspecified atom stereocenters. The van der Waals surface area contributed by atoms with Crippen LogP contribution in [0.2, 0.25) is 0 Å². The summed E-state index contributed by atoms with van der Waals surface area (Å²) in [5.41, 5.74) is 0. The van der Waals surface area contributed by atoms with E-state index in [4.69, 9.17) is 4.74 Å². The largest absolute Gasteiger partial charge is 0.392 e. The first-order chi connectivity index (χ1) is 10.7. The van der Waals surface area contributed by atoms with Gasteiger partial charge in [0.2, 0.25) is 5.91 Å². The van der Waals surface area contributed by atoms with Gasteiger partial charge in [0.25, 0.3) is 0 Å². The number of aromatic nitrogens is 3. The van der Waals surface area contributed by atoms with Gasteiger partial charge in [-0.1, -0.05) is 0 Å². The Balaban J connectivity index is 1.73. The van der Waals surface area contributed by atoms with Crippen molar-refractivity contribution in [2.45, 2.75) is 38.5 Å². The topological polar surface area (TPSA) is 92.5 Å². The lowest BCUT2D eigenvalue weighted by atomic mass is 10.1. The molecule has 1 fully saturated rings. The molecule has 2 heterocycles. The highest BCUT2D eigenvalue weighted by Crippen LogP contribution is 2.08. The third-order valence-electron chi connectivity index (χ3n) is 3.73. The first-order valence-electron chi connectivity index (χ1n) is 7.71. The number of aliphatic hydroxyl groups excluding tert-OH is 1. The zero-order chi connectivity index (χ0) is 15.8. The number of nitrogens with zero attached hydrogens (tertiary/aromatic N) is 4. The van der Waals surface area contributed by atoms with Crippen LogP contribution in [0.25, 0.3) is 0 Å². The van der Waals surface area contributed by atoms with Gasteiger partial charge in [-0.25, -0.2) is 0 Å². The molecule has 1 saturated heterocycles. The van der Waals surface area contributed by atoms with Gasteiger partial charge in [0.1, 0.15) is 6.33 Å². The van der Waals surface area contributed by atoms with Crippen molar-refractivity contribution >= 4 is 5.91 Å². The van der Waals surface area contributed by atoms with Crippen LogP contribution in [0.5, 0.6) is 0 Å². The summed E-state index contributed by atoms with van der Waals surface area (Å²) < 4.78 is 6.94. The number of likely N-dealkylation sites (tertiary alicyclic amines) is 1. The van der Waals surface area contributed by atoms with Crippen LogP contribution >= 0.6 is 0 Å². The highest BCUT2D eigenvalue weighted by molar-refractivity contribution is 5.77. The van der Waals surface area contributed by atoms with Crippen LogP contribution in [0, 0.1) is 0 Å². The Kier molecular flexibility index (Phi) is 6.75. The number of ether oxygens (including phenoxy) is 1. The molecule has 0 saturated carbocycles. The molecule has 1 aromatic heterocycles. The van der Waals surface area contributed by atoms with Crippen molar-refractivity contribution in [1.29, 1.82) is 0 Å². The fraction of sp³-hybridized carbons (Fsp3) is 0.786. The molecule has 1 aromatic rings. The fourth-order valence-electron chi connectivity index (χ4n) is 2.59. The van der Waals surface area contributed by atoms with Gasteiger partial charge in [-0.15, -0.1) is 10.2 Å². The molecule has 2 N–H and O–H groups in total. The van der Waals surface area contributed by atoms with Gasteiger partial charge in [-0.05, 0) is 25.8 Å². The molecule has 0 radical (unpaired) electrons. The third kappa shape index (κ3) is 5.36. The summed E-state index contributed by atoms with van der Waals surface area (Å²) in [5.74, 6) is 0.684. The number of aliphatic hydroxyl groups is 1. The molecule has 124 valence electrons. The van der Waals surface area contributed by atoms with Crippen molar-refractivity contribution in [3.8, 4) is 0 Å². The molecule has 1 aliphatic rings. The summed E-state index contributed by atoms with van der Waals surface area (Å²) in [6.07, 6.45) is 3.98. The maximum atomic E-state index is 12.0. The van der Waals surface area contributed by atoms with Crippen LogP contribution in [-0.4, -0.2) is 70.1 Å². The zero-order valence-corrected chi connectivity index (χ0v) is 13.1. The van der Waals surface area contributed by atoms with Crippen molar-refractivity contribution in [3.05, 3.63) is 12.2 Å². The monoisotopic (exact) mass is 311 g/mol. The van der Waals surface area contributed by atoms with Crippen molar-refractivity contribution in [3.63, 3.8) is 0 Å². The fourth-order valence-corrected chi connectivity index (χ4v) is 2.59. The lowest BCUT2D eigenvalue weighted by molar-refractivity contribution is -0.123. The van der Waals surface area contributed by atoms with E-state index in [0.29, 0.717) is 26.2 Å². The van der Waals surface area contributed by atoms with Crippen molar-refractivity contribution in [2.75, 3.05) is 33.4 Å². The Morgan fingerprint density at radius 3 is 3.23 bits per heavy atom. The van der Waals surface area contributed by atoms with E-state index in [-0.39, 0.29) is 12.0 Å². The number of nitrogens with one attached hydrogen (secondary N) is 1. The van der Waals surface area contributed by atoms with Crippen molar-refractivity contribution in [2.24, 2.45) is 0 Å². The maximum absolute atomic E-state index is 12.0. The Hall–Kier alpha value is -1.51. The van der Waals surface area contributed by atoms with Gasteiger partial charge in [0, 0.05) is 26.8 Å². The average Bonchev–Trinajstić information content (AvgIpc) is 2.93. The van der Waals surface area contributed by atoms with Crippen molar-refractivity contribution < 1.29 is 14.6 Å². The summed E-state index contributed by atoms with van der Waals surface area (Å²) in [7, 11) is 1.67. The Morgan fingerprint density at radius 2 is 2.45 bits per heavy atom. The first kappa shape index (κ1) is 16.9. The zero-order valence-electron chi connectivity index (χ0n) is 13.1. The van der Waals surface area contributed by atoms with E-state index < -0.39 is 0 Å². The van der Waals surface area contributed by atoms with Crippen LogP contribution in [0.4, 0.5) is 0 Å². The van der Waals surface area contributed by atoms with Gasteiger partial charge < -0.3 is 19.7 Å². The smallest absolute Gasteiger partial charge is 0.234 e. The number of hydrogen-bond donors (Lipinski definition) is 2. The highest BCUT2D eigenvalue weighted by atomic mass is 16.5. The van der Waals surface area contributed by atoms with Crippen LogP contribution in [0.15, 0.2) is 6.33 Å². The molecule has 0 aliphatic carbocycles. The second kappa shape index (κ2) is 8.82. The average molecular weight is 311 g/mol. The number of hydrogen-bond acceptors (Lipinski definition) is 6. The minimum atomic E-state index is -0.314. The molecular weight excluding hydrogens is 286 g/mol. The number of aryl methyl sites for hydroxylation is 1. The third-order valence-corrected chi connectivity index (χ3v) is 3.73. The summed E-state index contributed by atoms with van der Waals surface area (Å²) >= 11 is 0. The van der Waals surface area contributed by atoms with Gasteiger partial charge in [-0.3, -0.25) is 9.69 Å². The van der Waals surface area contributed by atoms with E-state index in [9.17, 15) is 9.90 Å². The minimum Gasteiger partial charge on any atom is -0.392 e. The summed E-state index contributed by atoms with van der Waals surface area (Å²) in [5, 5.41) is 20.4. The minimum absolute atomic E-state index is 0.0551. The molecule has 8 heteroatoms. The molecule has 0 aromatic carbocycles. The number of piperidine rings is 1. The van der Waals surface area contributed by atoms with Crippen LogP contribution in [0.1, 0.15) is 25.1 Å². The van der Waals surface area contributed by atoms with E-state index >= 15 is 0 Å². The standard InChI is InChI=1S/C14H25N5O3/c1-22-7-3-6-19-11-16-17-13(19)8-15-14(21)10-18-5-2-4-12(20)9-18/h11-12,20H,2-10H2,1H3,(H,15,21)/t12-/m1/s1. The summed E-state index contributed by atoms with van der Waals surface area (Å²) in [6, 6.07) is 0. The molecule has 0 bridgehead atoms. The first-order valence-corrected chi connectivity index (χ1v) is 7.71. The SMILES string of the molecule is COCCCn1cnnc1CNC(=O)CN1CCC[C@@H](O)C1. The molecule has 22 heavy (non-hydrogen) atoms. The molecule has 8 nitrogen and oxygen atoms in total. The second-order valence-electron chi connectivity index (χ2n) is 5.59. The Bertz CT molecular complexity index is 465. The van der Waals surface area contributed by atoms with E-state index in [2.05, 4.69) is 15.5 Å². The highest BCUT2D eigenvalue weighted by Gasteiger charge is 2.19. The lowest BCUT2D eigenvalue weighted by Gasteiger charge is -2.29. The van der Waals surface area contributed by atoms with Gasteiger partial charge in [-0.2, -0.15) is 0 Å². The van der Waals surface area contributed by atoms with Gasteiger partial charge >= 0.3 is 0 Å². The molecule has 1 aliphatic heterocycles. The van der Waals surface area contributed by atoms with E-state index in [1.54, 1.807) is 13.4 Å². The Labute approximate surface area is 130 Å². The molecule has 0 spiro atoms. The predicted molar refractivity (Wildman–Crippen MR) is 80.0 cm³/mol. The Morgan fingerprint density at radius 1 is 1.59 bits per heavy atom. The van der Waals surface area contributed by atoms with Crippen LogP contribution < -0.4 is 5.32 Å². The number of rotatable bonds is 8. The molecule has 2 rings (SSSR count). The molecule has 1 atom stereocenters. The predicted octanol–water partition coefficient (Wildman–Crippen LogP) is -0.612. The van der Waals surface area contributed by atoms with Gasteiger partial charge in [0.15, 0.2) is 5.82 Å². The lowest BCUT2D eigenvalue weighted by Crippen LogP contribution is -2.44. The number of carbonyl (C=O) groups excluding carboxylic acids is 1. The molecule has 1 amide bonds. The van der Waals surface area contributed by atoms with E-state index in [1.165, 1.54) is 0 Å². The maximum Gasteiger partial charge on any atom is 0.234 e. The quantitative estimate of drug-likeness (QED) is 0.622. The number of amides is 1. The normalized spacial score (nSPS) is 19.3. The summed E-state index contributed by atoms with van der Waals surface area (Å²) in [6.45, 7) is 3.56. The second-order valence-corrected chi connectivity index (χ2v) is 5.59. The summed E-state index contributed by atoms with van der Waals surface area (Å²) in [4.78, 5) is 14.0. The number of β-amino-alcohol motifs (C(OH)–C–C–N with tert-alkyl or cyclic N) is 1. The van der Waals surface area contributed by atoms with E-state index in [0.717, 1.165) is 38.2 Å². The van der Waals surface area contributed by atoms with Gasteiger partial charge in [0.05, 0.1) is 19.2 Å². The van der Waals surface area contributed by atoms with Crippen molar-refractivity contribution in [1.82, 2.24) is 25.0 Å². The van der Waals surface area contributed by atoms with Crippen LogP contribution in [0.3, 0.4) is 0 Å². The van der Waals surface area contributed by atoms with Crippen LogP contribution in [-0.2, 0) is 22.6 Å². The number of carbonyl (C=O) groups is 1.